The van der Waals surface area contributed by atoms with Crippen LogP contribution in [0.1, 0.15) is 23.3 Å². The fraction of sp³-hybridized carbons (Fsp3) is 0.500. The first-order valence-electron chi connectivity index (χ1n) is 7.53. The fourth-order valence-electron chi connectivity index (χ4n) is 2.54. The number of amidine groups is 1. The van der Waals surface area contributed by atoms with Gasteiger partial charge in [-0.1, -0.05) is 11.6 Å². The lowest BCUT2D eigenvalue weighted by atomic mass is 10.0. The summed E-state index contributed by atoms with van der Waals surface area (Å²) in [4.78, 5) is 26.3. The lowest BCUT2D eigenvalue weighted by Gasteiger charge is -2.34. The maximum Gasteiger partial charge on any atom is 0.274 e. The molecule has 1 unspecified atom stereocenters. The number of nitrogens with two attached hydrogens (primary N) is 2. The van der Waals surface area contributed by atoms with Crippen LogP contribution < -0.4 is 16.8 Å². The molecular weight excluding hydrogens is 332 g/mol. The van der Waals surface area contributed by atoms with Crippen LogP contribution >= 0.6 is 11.6 Å². The number of nitrogen functional groups attached to an aromatic ring is 1. The van der Waals surface area contributed by atoms with Gasteiger partial charge in [0.2, 0.25) is 0 Å². The number of amides is 1. The van der Waals surface area contributed by atoms with Gasteiger partial charge in [0, 0.05) is 32.4 Å². The van der Waals surface area contributed by atoms with E-state index in [1.54, 1.807) is 7.05 Å². The van der Waals surface area contributed by atoms with Gasteiger partial charge in [-0.3, -0.25) is 9.79 Å². The monoisotopic (exact) mass is 352 g/mol. The molecule has 2 rings (SSSR count). The third-order valence-corrected chi connectivity index (χ3v) is 3.99. The lowest BCUT2D eigenvalue weighted by molar-refractivity contribution is 0.0948. The first-order chi connectivity index (χ1) is 11.5. The average Bonchev–Trinajstić information content (AvgIpc) is 2.58. The first-order valence-corrected chi connectivity index (χ1v) is 7.90. The van der Waals surface area contributed by atoms with Crippen LogP contribution in [0.3, 0.4) is 0 Å². The molecule has 0 spiro atoms. The summed E-state index contributed by atoms with van der Waals surface area (Å²) in [5.41, 5.74) is 11.5. The summed E-state index contributed by atoms with van der Waals surface area (Å²) >= 11 is 5.76. The average molecular weight is 353 g/mol. The lowest BCUT2D eigenvalue weighted by Crippen LogP contribution is -2.53. The number of carbonyl (C=O) groups is 1. The molecule has 0 radical (unpaired) electrons. The molecule has 1 aliphatic rings. The van der Waals surface area contributed by atoms with E-state index in [0.717, 1.165) is 32.1 Å². The molecule has 0 aliphatic carbocycles. The SMILES string of the molecule is CN=C(C(C=N)NC(=O)c1nc(Cl)cnc1N)N1CCC(N)CC1. The number of piperidine rings is 1. The largest absolute Gasteiger partial charge is 0.382 e. The highest BCUT2D eigenvalue weighted by Gasteiger charge is 2.26. The Kier molecular flexibility index (Phi) is 6.04. The van der Waals surface area contributed by atoms with Crippen LogP contribution in [0.15, 0.2) is 11.2 Å². The van der Waals surface area contributed by atoms with Gasteiger partial charge in [0.15, 0.2) is 11.5 Å². The zero-order chi connectivity index (χ0) is 17.7. The highest BCUT2D eigenvalue weighted by molar-refractivity contribution is 6.29. The maximum absolute atomic E-state index is 12.4. The van der Waals surface area contributed by atoms with E-state index in [0.29, 0.717) is 5.84 Å². The van der Waals surface area contributed by atoms with Gasteiger partial charge < -0.3 is 27.1 Å². The van der Waals surface area contributed by atoms with Crippen LogP contribution in [0, 0.1) is 5.41 Å². The fourth-order valence-corrected chi connectivity index (χ4v) is 2.67. The molecule has 24 heavy (non-hydrogen) atoms. The number of nitrogens with one attached hydrogen (secondary N) is 2. The molecule has 0 bridgehead atoms. The molecule has 1 aliphatic heterocycles. The Balaban J connectivity index is 2.14. The minimum absolute atomic E-state index is 0.0282. The molecule has 1 fully saturated rings. The van der Waals surface area contributed by atoms with E-state index in [2.05, 4.69) is 20.3 Å². The van der Waals surface area contributed by atoms with Gasteiger partial charge in [-0.15, -0.1) is 0 Å². The van der Waals surface area contributed by atoms with Crippen molar-refractivity contribution in [2.45, 2.75) is 24.9 Å². The Hall–Kier alpha value is -2.26. The van der Waals surface area contributed by atoms with E-state index in [1.165, 1.54) is 6.20 Å². The number of carbonyl (C=O) groups excluding carboxylic acids is 1. The summed E-state index contributed by atoms with van der Waals surface area (Å²) in [5.74, 6) is 0.00392. The molecule has 1 aromatic heterocycles. The number of hydrogen-bond donors (Lipinski definition) is 4. The van der Waals surface area contributed by atoms with Crippen molar-refractivity contribution in [3.05, 3.63) is 17.0 Å². The van der Waals surface area contributed by atoms with Gasteiger partial charge in [-0.05, 0) is 12.8 Å². The van der Waals surface area contributed by atoms with Gasteiger partial charge >= 0.3 is 0 Å². The normalized spacial score (nSPS) is 17.5. The summed E-state index contributed by atoms with van der Waals surface area (Å²) in [7, 11) is 1.63. The molecule has 6 N–H and O–H groups in total. The van der Waals surface area contributed by atoms with Crippen molar-refractivity contribution in [1.29, 1.82) is 5.41 Å². The number of anilines is 1. The number of aliphatic imine (C=N–C) groups is 1. The quantitative estimate of drug-likeness (QED) is 0.440. The van der Waals surface area contributed by atoms with E-state index in [1.807, 2.05) is 4.90 Å². The van der Waals surface area contributed by atoms with Crippen molar-refractivity contribution in [2.75, 3.05) is 25.9 Å². The molecule has 0 saturated carbocycles. The molecule has 1 saturated heterocycles. The van der Waals surface area contributed by atoms with E-state index in [4.69, 9.17) is 28.5 Å². The summed E-state index contributed by atoms with van der Waals surface area (Å²) in [6.07, 6.45) is 4.05. The molecule has 1 amide bonds. The topological polar surface area (TPSA) is 146 Å². The second-order valence-corrected chi connectivity index (χ2v) is 5.84. The Morgan fingerprint density at radius 3 is 2.83 bits per heavy atom. The Labute approximate surface area is 145 Å². The Bertz CT molecular complexity index is 642. The number of hydrogen-bond acceptors (Lipinski definition) is 7. The predicted molar refractivity (Wildman–Crippen MR) is 93.6 cm³/mol. The standard InChI is InChI=1S/C14H21ClN8O/c1-19-13(23-4-2-8(17)3-5-23)9(6-16)21-14(24)11-12(18)20-7-10(15)22-11/h6-9,16H,2-5,17H2,1H3,(H2,18,20)(H,21,24). The summed E-state index contributed by atoms with van der Waals surface area (Å²) in [6, 6.07) is -0.522. The van der Waals surface area contributed by atoms with Crippen LogP contribution in [0.4, 0.5) is 5.82 Å². The molecule has 1 aromatic rings. The van der Waals surface area contributed by atoms with Gasteiger partial charge in [0.25, 0.3) is 5.91 Å². The number of aromatic nitrogens is 2. The van der Waals surface area contributed by atoms with Crippen molar-refractivity contribution in [3.8, 4) is 0 Å². The van der Waals surface area contributed by atoms with Gasteiger partial charge in [0.1, 0.15) is 17.0 Å². The minimum Gasteiger partial charge on any atom is -0.382 e. The van der Waals surface area contributed by atoms with Crippen molar-refractivity contribution in [2.24, 2.45) is 10.7 Å². The van der Waals surface area contributed by atoms with Gasteiger partial charge in [-0.25, -0.2) is 9.97 Å². The van der Waals surface area contributed by atoms with Crippen LogP contribution in [0.5, 0.6) is 0 Å². The predicted octanol–water partition coefficient (Wildman–Crippen LogP) is -0.0884. The van der Waals surface area contributed by atoms with Crippen LogP contribution in [0.2, 0.25) is 5.15 Å². The zero-order valence-corrected chi connectivity index (χ0v) is 14.1. The van der Waals surface area contributed by atoms with Crippen molar-refractivity contribution >= 4 is 35.4 Å². The molecule has 0 aromatic carbocycles. The van der Waals surface area contributed by atoms with Crippen molar-refractivity contribution in [3.63, 3.8) is 0 Å². The van der Waals surface area contributed by atoms with Crippen LogP contribution in [0.25, 0.3) is 0 Å². The zero-order valence-electron chi connectivity index (χ0n) is 13.4. The molecule has 130 valence electrons. The number of likely N-dealkylation sites (tertiary alicyclic amines) is 1. The van der Waals surface area contributed by atoms with E-state index in [-0.39, 0.29) is 22.7 Å². The maximum atomic E-state index is 12.4. The highest BCUT2D eigenvalue weighted by atomic mass is 35.5. The Morgan fingerprint density at radius 1 is 1.58 bits per heavy atom. The van der Waals surface area contributed by atoms with E-state index >= 15 is 0 Å². The molecule has 1 atom stereocenters. The first kappa shape index (κ1) is 18.1. The number of rotatable bonds is 4. The number of halogens is 1. The van der Waals surface area contributed by atoms with Crippen molar-refractivity contribution in [1.82, 2.24) is 20.2 Å². The minimum atomic E-state index is -0.697. The molecular formula is C14H21ClN8O. The second kappa shape index (κ2) is 8.02. The molecule has 9 nitrogen and oxygen atoms in total. The van der Waals surface area contributed by atoms with Crippen LogP contribution in [-0.4, -0.2) is 65.0 Å². The highest BCUT2D eigenvalue weighted by Crippen LogP contribution is 2.12. The second-order valence-electron chi connectivity index (χ2n) is 5.45. The van der Waals surface area contributed by atoms with Gasteiger partial charge in [0.05, 0.1) is 6.20 Å². The summed E-state index contributed by atoms with van der Waals surface area (Å²) < 4.78 is 0. The van der Waals surface area contributed by atoms with Gasteiger partial charge in [-0.2, -0.15) is 0 Å². The summed E-state index contributed by atoms with van der Waals surface area (Å²) in [5, 5.41) is 10.4. The number of nitrogens with zero attached hydrogens (tertiary/aromatic N) is 4. The third kappa shape index (κ3) is 4.18. The van der Waals surface area contributed by atoms with Crippen LogP contribution in [-0.2, 0) is 0 Å². The Morgan fingerprint density at radius 2 is 2.25 bits per heavy atom. The summed E-state index contributed by atoms with van der Waals surface area (Å²) in [6.45, 7) is 1.46. The van der Waals surface area contributed by atoms with E-state index < -0.39 is 11.9 Å². The van der Waals surface area contributed by atoms with E-state index in [9.17, 15) is 4.79 Å². The third-order valence-electron chi connectivity index (χ3n) is 3.81. The molecule has 10 heteroatoms. The smallest absolute Gasteiger partial charge is 0.274 e. The van der Waals surface area contributed by atoms with Crippen molar-refractivity contribution < 1.29 is 4.79 Å². The molecule has 2 heterocycles.